The molecular formula is C11H9ClO3S2. The molecule has 1 N–H and O–H groups in total. The van der Waals surface area contributed by atoms with Crippen LogP contribution in [0.1, 0.15) is 5.56 Å². The number of hydrogen-bond acceptors (Lipinski definition) is 3. The van der Waals surface area contributed by atoms with E-state index in [1.165, 1.54) is 6.07 Å². The molecule has 0 bridgehead atoms. The molecular weight excluding hydrogens is 280 g/mol. The standard InChI is InChI=1S/C11H9ClO3S2/c1-7-6-8(12)2-3-9(7)10-4-5-11(16-10)17(13,14)15/h2-6H,1H3,(H,13,14,15). The highest BCUT2D eigenvalue weighted by Gasteiger charge is 2.14. The van der Waals surface area contributed by atoms with Crippen LogP contribution in [-0.4, -0.2) is 13.0 Å². The van der Waals surface area contributed by atoms with Gasteiger partial charge < -0.3 is 0 Å². The Morgan fingerprint density at radius 2 is 1.94 bits per heavy atom. The van der Waals surface area contributed by atoms with Crippen LogP contribution >= 0.6 is 22.9 Å². The third-order valence-corrected chi connectivity index (χ3v) is 4.96. The zero-order valence-corrected chi connectivity index (χ0v) is 11.2. The average molecular weight is 289 g/mol. The summed E-state index contributed by atoms with van der Waals surface area (Å²) in [6.45, 7) is 1.90. The molecule has 1 aromatic heterocycles. The highest BCUT2D eigenvalue weighted by Crippen LogP contribution is 2.33. The fraction of sp³-hybridized carbons (Fsp3) is 0.0909. The number of hydrogen-bond donors (Lipinski definition) is 1. The van der Waals surface area contributed by atoms with E-state index in [-0.39, 0.29) is 4.21 Å². The Labute approximate surface area is 108 Å². The molecule has 0 radical (unpaired) electrons. The van der Waals surface area contributed by atoms with Crippen molar-refractivity contribution in [1.29, 1.82) is 0 Å². The highest BCUT2D eigenvalue weighted by molar-refractivity contribution is 7.88. The van der Waals surface area contributed by atoms with Crippen molar-refractivity contribution in [1.82, 2.24) is 0 Å². The Kier molecular flexibility index (Phi) is 3.27. The summed E-state index contributed by atoms with van der Waals surface area (Å²) in [7, 11) is -4.12. The molecule has 0 saturated heterocycles. The van der Waals surface area contributed by atoms with Gasteiger partial charge in [0.25, 0.3) is 0 Å². The molecule has 90 valence electrons. The second kappa shape index (κ2) is 4.42. The third kappa shape index (κ3) is 2.69. The van der Waals surface area contributed by atoms with E-state index in [0.717, 1.165) is 27.3 Å². The first kappa shape index (κ1) is 12.6. The van der Waals surface area contributed by atoms with E-state index in [1.807, 2.05) is 19.1 Å². The van der Waals surface area contributed by atoms with Crippen LogP contribution in [0.5, 0.6) is 0 Å². The maximum Gasteiger partial charge on any atom is 0.304 e. The van der Waals surface area contributed by atoms with Crippen LogP contribution in [0.2, 0.25) is 5.02 Å². The van der Waals surface area contributed by atoms with Gasteiger partial charge in [0, 0.05) is 9.90 Å². The first-order valence-corrected chi connectivity index (χ1v) is 7.35. The van der Waals surface area contributed by atoms with Crippen LogP contribution in [0, 0.1) is 6.92 Å². The summed E-state index contributed by atoms with van der Waals surface area (Å²) < 4.78 is 30.8. The van der Waals surface area contributed by atoms with Gasteiger partial charge in [-0.1, -0.05) is 17.7 Å². The van der Waals surface area contributed by atoms with E-state index in [1.54, 1.807) is 12.1 Å². The Morgan fingerprint density at radius 3 is 2.47 bits per heavy atom. The molecule has 0 spiro atoms. The second-order valence-corrected chi connectivity index (χ2v) is 6.72. The van der Waals surface area contributed by atoms with Crippen molar-refractivity contribution >= 4 is 33.1 Å². The minimum Gasteiger partial charge on any atom is -0.281 e. The van der Waals surface area contributed by atoms with Crippen LogP contribution < -0.4 is 0 Å². The van der Waals surface area contributed by atoms with Gasteiger partial charge in [-0.15, -0.1) is 11.3 Å². The lowest BCUT2D eigenvalue weighted by atomic mass is 10.1. The minimum absolute atomic E-state index is 0.0538. The van der Waals surface area contributed by atoms with Crippen molar-refractivity contribution in [3.05, 3.63) is 40.9 Å². The van der Waals surface area contributed by atoms with E-state index < -0.39 is 10.1 Å². The number of benzene rings is 1. The van der Waals surface area contributed by atoms with Crippen LogP contribution in [0.3, 0.4) is 0 Å². The van der Waals surface area contributed by atoms with Crippen LogP contribution in [0.4, 0.5) is 0 Å². The largest absolute Gasteiger partial charge is 0.304 e. The minimum atomic E-state index is -4.12. The zero-order valence-electron chi connectivity index (χ0n) is 8.84. The molecule has 1 aromatic carbocycles. The molecule has 2 aromatic rings. The van der Waals surface area contributed by atoms with Crippen LogP contribution in [0.15, 0.2) is 34.5 Å². The van der Waals surface area contributed by atoms with E-state index >= 15 is 0 Å². The molecule has 2 rings (SSSR count). The summed E-state index contributed by atoms with van der Waals surface area (Å²) in [4.78, 5) is 0.784. The predicted octanol–water partition coefficient (Wildman–Crippen LogP) is 3.62. The van der Waals surface area contributed by atoms with Crippen LogP contribution in [-0.2, 0) is 10.1 Å². The lowest BCUT2D eigenvalue weighted by Gasteiger charge is -2.02. The number of thiophene rings is 1. The summed E-state index contributed by atoms with van der Waals surface area (Å²) in [6, 6.07) is 8.45. The SMILES string of the molecule is Cc1cc(Cl)ccc1-c1ccc(S(=O)(=O)O)s1. The van der Waals surface area contributed by atoms with Crippen molar-refractivity contribution in [3.63, 3.8) is 0 Å². The molecule has 0 aliphatic carbocycles. The van der Waals surface area contributed by atoms with Gasteiger partial charge in [-0.3, -0.25) is 4.55 Å². The molecule has 0 atom stereocenters. The maximum absolute atomic E-state index is 11.0. The highest BCUT2D eigenvalue weighted by atomic mass is 35.5. The second-order valence-electron chi connectivity index (χ2n) is 3.55. The molecule has 0 aliphatic heterocycles. The molecule has 6 heteroatoms. The summed E-state index contributed by atoms with van der Waals surface area (Å²) >= 11 is 6.88. The number of aryl methyl sites for hydroxylation is 1. The summed E-state index contributed by atoms with van der Waals surface area (Å²) in [5.74, 6) is 0. The zero-order chi connectivity index (χ0) is 12.6. The van der Waals surface area contributed by atoms with E-state index in [4.69, 9.17) is 16.2 Å². The van der Waals surface area contributed by atoms with Gasteiger partial charge in [-0.2, -0.15) is 8.42 Å². The maximum atomic E-state index is 11.0. The first-order chi connectivity index (χ1) is 7.88. The van der Waals surface area contributed by atoms with Crippen molar-refractivity contribution in [2.24, 2.45) is 0 Å². The van der Waals surface area contributed by atoms with Crippen molar-refractivity contribution in [2.75, 3.05) is 0 Å². The molecule has 0 unspecified atom stereocenters. The summed E-state index contributed by atoms with van der Waals surface area (Å²) in [6.07, 6.45) is 0. The van der Waals surface area contributed by atoms with Gasteiger partial charge in [0.2, 0.25) is 0 Å². The summed E-state index contributed by atoms with van der Waals surface area (Å²) in [5, 5.41) is 0.637. The quantitative estimate of drug-likeness (QED) is 0.859. The van der Waals surface area contributed by atoms with Gasteiger partial charge in [0.05, 0.1) is 0 Å². The van der Waals surface area contributed by atoms with Gasteiger partial charge in [0.15, 0.2) is 0 Å². The van der Waals surface area contributed by atoms with E-state index in [2.05, 4.69) is 0 Å². The molecule has 0 aliphatic rings. The normalized spacial score (nSPS) is 11.7. The van der Waals surface area contributed by atoms with Crippen LogP contribution in [0.25, 0.3) is 10.4 Å². The summed E-state index contributed by atoms with van der Waals surface area (Å²) in [5.41, 5.74) is 1.87. The molecule has 0 fully saturated rings. The fourth-order valence-corrected chi connectivity index (χ4v) is 3.49. The fourth-order valence-electron chi connectivity index (χ4n) is 1.51. The Balaban J connectivity index is 2.51. The third-order valence-electron chi connectivity index (χ3n) is 2.29. The van der Waals surface area contributed by atoms with Gasteiger partial charge in [0.1, 0.15) is 4.21 Å². The molecule has 0 saturated carbocycles. The number of rotatable bonds is 2. The Bertz CT molecular complexity index is 659. The molecule has 17 heavy (non-hydrogen) atoms. The Hall–Kier alpha value is -0.880. The lowest BCUT2D eigenvalue weighted by molar-refractivity contribution is 0.485. The topological polar surface area (TPSA) is 54.4 Å². The van der Waals surface area contributed by atoms with Gasteiger partial charge >= 0.3 is 10.1 Å². The predicted molar refractivity (Wildman–Crippen MR) is 69.3 cm³/mol. The first-order valence-electron chi connectivity index (χ1n) is 4.72. The van der Waals surface area contributed by atoms with E-state index in [0.29, 0.717) is 5.02 Å². The van der Waals surface area contributed by atoms with Crippen molar-refractivity contribution < 1.29 is 13.0 Å². The smallest absolute Gasteiger partial charge is 0.281 e. The average Bonchev–Trinajstić information content (AvgIpc) is 2.65. The lowest BCUT2D eigenvalue weighted by Crippen LogP contribution is -1.93. The Morgan fingerprint density at radius 1 is 1.24 bits per heavy atom. The molecule has 3 nitrogen and oxygen atoms in total. The van der Waals surface area contributed by atoms with Gasteiger partial charge in [-0.05, 0) is 42.3 Å². The monoisotopic (exact) mass is 288 g/mol. The van der Waals surface area contributed by atoms with E-state index in [9.17, 15) is 8.42 Å². The number of halogens is 1. The van der Waals surface area contributed by atoms with Crippen molar-refractivity contribution in [3.8, 4) is 10.4 Å². The molecule has 1 heterocycles. The van der Waals surface area contributed by atoms with Gasteiger partial charge in [-0.25, -0.2) is 0 Å². The molecule has 0 amide bonds. The van der Waals surface area contributed by atoms with Crippen molar-refractivity contribution in [2.45, 2.75) is 11.1 Å².